The molecule has 53 heavy (non-hydrogen) atoms. The number of pyridine rings is 1. The second kappa shape index (κ2) is 12.5. The molecule has 0 bridgehead atoms. The second-order valence-electron chi connectivity index (χ2n) is 15.7. The van der Waals surface area contributed by atoms with E-state index in [-0.39, 0.29) is 11.0 Å². The first-order valence-corrected chi connectivity index (χ1v) is 18.6. The van der Waals surface area contributed by atoms with Crippen LogP contribution in [-0.4, -0.2) is 21.8 Å². The highest BCUT2D eigenvalue weighted by Gasteiger charge is 2.34. The van der Waals surface area contributed by atoms with Gasteiger partial charge in [0.25, 0.3) is 0 Å². The van der Waals surface area contributed by atoms with Gasteiger partial charge in [0.2, 0.25) is 0 Å². The standard InChI is InChI=1S/C49H44N4/c1-48(2,3)52-33-51(44-24-13-14-25-45(44)52)38-19-15-18-36(31-38)49(4,5)37-26-27-42-41-22-11-12-23-43(41)53(46(42)32-37)47-30-35(28-29-50-47)40-21-10-9-20-39(40)34-16-7-6-8-17-34/h6-32H,33H2,1-5H3. The minimum Gasteiger partial charge on any atom is -0.347 e. The first kappa shape index (κ1) is 32.8. The third kappa shape index (κ3) is 5.57. The van der Waals surface area contributed by atoms with Crippen molar-refractivity contribution in [3.8, 4) is 28.1 Å². The Hall–Kier alpha value is -6.13. The third-order valence-electron chi connectivity index (χ3n) is 11.1. The molecule has 0 amide bonds. The molecule has 1 aliphatic rings. The fourth-order valence-electron chi connectivity index (χ4n) is 8.16. The van der Waals surface area contributed by atoms with Gasteiger partial charge in [-0.05, 0) is 103 Å². The van der Waals surface area contributed by atoms with Crippen LogP contribution in [0.4, 0.5) is 17.1 Å². The van der Waals surface area contributed by atoms with Gasteiger partial charge in [0.15, 0.2) is 0 Å². The van der Waals surface area contributed by atoms with Crippen LogP contribution in [0.1, 0.15) is 45.7 Å². The molecule has 260 valence electrons. The number of fused-ring (bicyclic) bond motifs is 4. The van der Waals surface area contributed by atoms with Crippen LogP contribution in [0.2, 0.25) is 0 Å². The molecule has 9 rings (SSSR count). The molecule has 4 nitrogen and oxygen atoms in total. The van der Waals surface area contributed by atoms with Crippen molar-refractivity contribution in [3.63, 3.8) is 0 Å². The first-order valence-electron chi connectivity index (χ1n) is 18.6. The van der Waals surface area contributed by atoms with E-state index >= 15 is 0 Å². The number of hydrogen-bond donors (Lipinski definition) is 0. The molecule has 0 unspecified atom stereocenters. The summed E-state index contributed by atoms with van der Waals surface area (Å²) in [6.07, 6.45) is 1.95. The molecular weight excluding hydrogens is 645 g/mol. The highest BCUT2D eigenvalue weighted by molar-refractivity contribution is 6.09. The SMILES string of the molecule is CC(C)(c1cccc(N2CN(C(C)(C)C)c3ccccc32)c1)c1ccc2c3ccccc3n(-c3cc(-c4ccccc4-c4ccccc4)ccn3)c2c1. The Bertz CT molecular complexity index is 2620. The average molecular weight is 689 g/mol. The van der Waals surface area contributed by atoms with Gasteiger partial charge < -0.3 is 9.80 Å². The first-order chi connectivity index (χ1) is 25.7. The molecule has 0 saturated heterocycles. The quantitative estimate of drug-likeness (QED) is 0.174. The summed E-state index contributed by atoms with van der Waals surface area (Å²) in [5, 5.41) is 2.45. The lowest BCUT2D eigenvalue weighted by Gasteiger charge is -2.34. The molecule has 3 heterocycles. The van der Waals surface area contributed by atoms with Crippen LogP contribution in [0.3, 0.4) is 0 Å². The molecule has 0 radical (unpaired) electrons. The van der Waals surface area contributed by atoms with Gasteiger partial charge in [0.05, 0.1) is 29.1 Å². The molecule has 4 heteroatoms. The normalized spacial score (nSPS) is 13.2. The summed E-state index contributed by atoms with van der Waals surface area (Å²) in [6, 6.07) is 57.3. The Morgan fingerprint density at radius 1 is 0.509 bits per heavy atom. The number of hydrogen-bond acceptors (Lipinski definition) is 3. The van der Waals surface area contributed by atoms with Gasteiger partial charge in [-0.15, -0.1) is 0 Å². The molecule has 0 atom stereocenters. The second-order valence-corrected chi connectivity index (χ2v) is 15.7. The zero-order valence-corrected chi connectivity index (χ0v) is 31.1. The van der Waals surface area contributed by atoms with Gasteiger partial charge in [0, 0.05) is 33.6 Å². The van der Waals surface area contributed by atoms with Gasteiger partial charge in [-0.3, -0.25) is 4.57 Å². The van der Waals surface area contributed by atoms with Gasteiger partial charge in [-0.25, -0.2) is 4.98 Å². The number of nitrogens with zero attached hydrogens (tertiary/aromatic N) is 4. The minimum atomic E-state index is -0.266. The molecule has 6 aromatic carbocycles. The molecular formula is C49H44N4. The Morgan fingerprint density at radius 2 is 1.17 bits per heavy atom. The lowest BCUT2D eigenvalue weighted by atomic mass is 9.77. The molecule has 0 aliphatic carbocycles. The van der Waals surface area contributed by atoms with E-state index in [2.05, 4.69) is 207 Å². The Labute approximate surface area is 312 Å². The number of benzene rings is 6. The van der Waals surface area contributed by atoms with Crippen LogP contribution >= 0.6 is 0 Å². The van der Waals surface area contributed by atoms with Gasteiger partial charge in [-0.1, -0.05) is 123 Å². The lowest BCUT2D eigenvalue weighted by Crippen LogP contribution is -2.42. The summed E-state index contributed by atoms with van der Waals surface area (Å²) in [5.41, 5.74) is 13.1. The predicted molar refractivity (Wildman–Crippen MR) is 224 cm³/mol. The van der Waals surface area contributed by atoms with E-state index in [4.69, 9.17) is 4.98 Å². The summed E-state index contributed by atoms with van der Waals surface area (Å²) in [6.45, 7) is 12.4. The van der Waals surface area contributed by atoms with Gasteiger partial charge in [0.1, 0.15) is 5.82 Å². The van der Waals surface area contributed by atoms with Crippen molar-refractivity contribution in [1.29, 1.82) is 0 Å². The number of anilines is 3. The minimum absolute atomic E-state index is 0.00918. The highest BCUT2D eigenvalue weighted by Crippen LogP contribution is 2.45. The van der Waals surface area contributed by atoms with Crippen LogP contribution in [0.25, 0.3) is 49.9 Å². The molecule has 8 aromatic rings. The Kier molecular flexibility index (Phi) is 7.74. The van der Waals surface area contributed by atoms with Crippen molar-refractivity contribution in [1.82, 2.24) is 9.55 Å². The topological polar surface area (TPSA) is 24.3 Å². The Balaban J connectivity index is 1.14. The summed E-state index contributed by atoms with van der Waals surface area (Å²) in [5.74, 6) is 0.907. The monoisotopic (exact) mass is 688 g/mol. The van der Waals surface area contributed by atoms with Gasteiger partial charge >= 0.3 is 0 Å². The van der Waals surface area contributed by atoms with Crippen molar-refractivity contribution < 1.29 is 0 Å². The zero-order valence-electron chi connectivity index (χ0n) is 31.1. The largest absolute Gasteiger partial charge is 0.347 e. The molecule has 1 aliphatic heterocycles. The molecule has 0 spiro atoms. The number of para-hydroxylation sites is 3. The zero-order chi connectivity index (χ0) is 36.3. The van der Waals surface area contributed by atoms with E-state index in [0.29, 0.717) is 0 Å². The van der Waals surface area contributed by atoms with Crippen LogP contribution in [0, 0.1) is 0 Å². The maximum atomic E-state index is 5.01. The van der Waals surface area contributed by atoms with E-state index in [9.17, 15) is 0 Å². The summed E-state index contributed by atoms with van der Waals surface area (Å²) >= 11 is 0. The van der Waals surface area contributed by atoms with Crippen molar-refractivity contribution in [2.45, 2.75) is 45.6 Å². The number of aromatic nitrogens is 2. The van der Waals surface area contributed by atoms with Crippen LogP contribution < -0.4 is 9.80 Å². The third-order valence-corrected chi connectivity index (χ3v) is 11.1. The van der Waals surface area contributed by atoms with Crippen LogP contribution in [-0.2, 0) is 5.41 Å². The highest BCUT2D eigenvalue weighted by atomic mass is 15.4. The lowest BCUT2D eigenvalue weighted by molar-refractivity contribution is 0.518. The Morgan fingerprint density at radius 3 is 1.96 bits per heavy atom. The fourth-order valence-corrected chi connectivity index (χ4v) is 8.16. The summed E-state index contributed by atoms with van der Waals surface area (Å²) in [7, 11) is 0. The summed E-state index contributed by atoms with van der Waals surface area (Å²) < 4.78 is 2.34. The maximum Gasteiger partial charge on any atom is 0.138 e. The molecule has 0 fully saturated rings. The molecule has 0 N–H and O–H groups in total. The van der Waals surface area contributed by atoms with Crippen molar-refractivity contribution in [3.05, 3.63) is 175 Å². The van der Waals surface area contributed by atoms with Gasteiger partial charge in [-0.2, -0.15) is 0 Å². The fraction of sp³-hybridized carbons (Fsp3) is 0.163. The van der Waals surface area contributed by atoms with E-state index in [1.807, 2.05) is 6.20 Å². The van der Waals surface area contributed by atoms with E-state index in [1.165, 1.54) is 55.7 Å². The molecule has 0 saturated carbocycles. The van der Waals surface area contributed by atoms with Crippen LogP contribution in [0.5, 0.6) is 0 Å². The average Bonchev–Trinajstić information content (AvgIpc) is 3.75. The summed E-state index contributed by atoms with van der Waals surface area (Å²) in [4.78, 5) is 9.96. The van der Waals surface area contributed by atoms with Crippen LogP contribution in [0.15, 0.2) is 164 Å². The van der Waals surface area contributed by atoms with E-state index in [0.717, 1.165) is 29.1 Å². The number of rotatable bonds is 6. The molecule has 2 aromatic heterocycles. The van der Waals surface area contributed by atoms with E-state index in [1.54, 1.807) is 0 Å². The maximum absolute atomic E-state index is 5.01. The smallest absolute Gasteiger partial charge is 0.138 e. The van der Waals surface area contributed by atoms with Crippen molar-refractivity contribution in [2.75, 3.05) is 16.5 Å². The van der Waals surface area contributed by atoms with Crippen molar-refractivity contribution >= 4 is 38.9 Å². The van der Waals surface area contributed by atoms with E-state index < -0.39 is 0 Å². The predicted octanol–water partition coefficient (Wildman–Crippen LogP) is 12.6. The van der Waals surface area contributed by atoms with Crippen molar-refractivity contribution in [2.24, 2.45) is 0 Å².